The number of ether oxygens (including phenoxy) is 1. The van der Waals surface area contributed by atoms with Gasteiger partial charge in [0.05, 0.1) is 17.8 Å². The van der Waals surface area contributed by atoms with Crippen LogP contribution in [0.15, 0.2) is 29.2 Å². The Bertz CT molecular complexity index is 786. The van der Waals surface area contributed by atoms with Gasteiger partial charge in [-0.15, -0.1) is 0 Å². The molecule has 1 N–H and O–H groups in total. The van der Waals surface area contributed by atoms with E-state index >= 15 is 0 Å². The number of aromatic nitrogens is 1. The zero-order valence-electron chi connectivity index (χ0n) is 11.1. The lowest BCUT2D eigenvalue weighted by Crippen LogP contribution is -2.13. The van der Waals surface area contributed by atoms with Gasteiger partial charge in [0.25, 0.3) is 10.0 Å². The predicted octanol–water partition coefficient (Wildman–Crippen LogP) is 2.69. The van der Waals surface area contributed by atoms with Crippen molar-refractivity contribution in [1.29, 1.82) is 0 Å². The number of thiazole rings is 1. The normalized spacial score (nSPS) is 11.2. The van der Waals surface area contributed by atoms with Crippen LogP contribution in [0.25, 0.3) is 0 Å². The Kier molecular flexibility index (Phi) is 4.50. The van der Waals surface area contributed by atoms with E-state index in [9.17, 15) is 13.2 Å². The van der Waals surface area contributed by atoms with Crippen molar-refractivity contribution in [3.8, 4) is 0 Å². The monoisotopic (exact) mass is 346 g/mol. The molecule has 2 rings (SSSR count). The van der Waals surface area contributed by atoms with Gasteiger partial charge in [-0.05, 0) is 19.1 Å². The van der Waals surface area contributed by atoms with E-state index in [-0.39, 0.29) is 19.9 Å². The second-order valence-electron chi connectivity index (χ2n) is 3.96. The molecule has 9 heteroatoms. The lowest BCUT2D eigenvalue weighted by atomic mass is 10.4. The van der Waals surface area contributed by atoms with E-state index in [2.05, 4.69) is 14.4 Å². The topological polar surface area (TPSA) is 85.4 Å². The molecular weight excluding hydrogens is 336 g/mol. The number of esters is 1. The average molecular weight is 347 g/mol. The summed E-state index contributed by atoms with van der Waals surface area (Å²) in [5.74, 6) is -0.562. The minimum absolute atomic E-state index is 0.0564. The van der Waals surface area contributed by atoms with Gasteiger partial charge in [0.2, 0.25) is 0 Å². The summed E-state index contributed by atoms with van der Waals surface area (Å²) < 4.78 is 31.4. The summed E-state index contributed by atoms with van der Waals surface area (Å²) in [6, 6.07) is 6.05. The fraction of sp³-hybridized carbons (Fsp3) is 0.167. The van der Waals surface area contributed by atoms with Gasteiger partial charge in [-0.1, -0.05) is 35.1 Å². The number of benzene rings is 1. The Morgan fingerprint density at radius 3 is 2.67 bits per heavy atom. The molecule has 0 aliphatic heterocycles. The van der Waals surface area contributed by atoms with Gasteiger partial charge < -0.3 is 4.74 Å². The third kappa shape index (κ3) is 3.34. The number of anilines is 1. The van der Waals surface area contributed by atoms with Crippen LogP contribution in [-0.2, 0) is 14.8 Å². The van der Waals surface area contributed by atoms with E-state index in [4.69, 9.17) is 11.6 Å². The van der Waals surface area contributed by atoms with Crippen LogP contribution in [0.1, 0.15) is 15.4 Å². The van der Waals surface area contributed by atoms with E-state index in [1.54, 1.807) is 19.1 Å². The zero-order chi connectivity index (χ0) is 15.6. The van der Waals surface area contributed by atoms with Crippen molar-refractivity contribution in [2.45, 2.75) is 11.8 Å². The van der Waals surface area contributed by atoms with E-state index in [1.165, 1.54) is 19.2 Å². The highest BCUT2D eigenvalue weighted by Crippen LogP contribution is 2.27. The number of sulfonamides is 1. The molecule has 0 aliphatic carbocycles. The zero-order valence-corrected chi connectivity index (χ0v) is 13.5. The number of carbonyl (C=O) groups excluding carboxylic acids is 1. The van der Waals surface area contributed by atoms with Crippen molar-refractivity contribution in [2.24, 2.45) is 0 Å². The molecule has 0 amide bonds. The summed E-state index contributed by atoms with van der Waals surface area (Å²) in [7, 11) is -2.62. The Hall–Kier alpha value is -1.64. The fourth-order valence-corrected chi connectivity index (χ4v) is 4.19. The summed E-state index contributed by atoms with van der Waals surface area (Å²) >= 11 is 6.77. The number of hydrogen-bond acceptors (Lipinski definition) is 6. The Morgan fingerprint density at radius 1 is 1.38 bits per heavy atom. The molecule has 0 aliphatic rings. The van der Waals surface area contributed by atoms with Crippen LogP contribution in [0.5, 0.6) is 0 Å². The van der Waals surface area contributed by atoms with Crippen molar-refractivity contribution >= 4 is 44.1 Å². The predicted molar refractivity (Wildman–Crippen MR) is 80.5 cm³/mol. The Morgan fingerprint density at radius 2 is 2.05 bits per heavy atom. The molecule has 0 spiro atoms. The molecule has 1 aromatic heterocycles. The van der Waals surface area contributed by atoms with Gasteiger partial charge in [0, 0.05) is 0 Å². The minimum Gasteiger partial charge on any atom is -0.465 e. The second-order valence-corrected chi connectivity index (χ2v) is 7.02. The lowest BCUT2D eigenvalue weighted by Gasteiger charge is -2.06. The SMILES string of the molecule is COC(=O)c1sc(NS(=O)(=O)c2ccccc2Cl)nc1C. The maximum Gasteiger partial charge on any atom is 0.350 e. The molecule has 1 aromatic carbocycles. The van der Waals surface area contributed by atoms with E-state index in [0.29, 0.717) is 5.69 Å². The van der Waals surface area contributed by atoms with Crippen LogP contribution in [0.3, 0.4) is 0 Å². The average Bonchev–Trinajstić information content (AvgIpc) is 2.78. The van der Waals surface area contributed by atoms with Crippen molar-refractivity contribution in [3.63, 3.8) is 0 Å². The molecule has 6 nitrogen and oxygen atoms in total. The first kappa shape index (κ1) is 15.7. The summed E-state index contributed by atoms with van der Waals surface area (Å²) in [5, 5.41) is 0.180. The molecule has 0 unspecified atom stereocenters. The van der Waals surface area contributed by atoms with E-state index < -0.39 is 16.0 Å². The quantitative estimate of drug-likeness (QED) is 0.860. The van der Waals surface area contributed by atoms with Gasteiger partial charge in [-0.25, -0.2) is 18.2 Å². The highest BCUT2D eigenvalue weighted by Gasteiger charge is 2.22. The molecule has 0 saturated carbocycles. The first-order chi connectivity index (χ1) is 9.85. The summed E-state index contributed by atoms with van der Waals surface area (Å²) in [4.78, 5) is 15.7. The fourth-order valence-electron chi connectivity index (χ4n) is 1.55. The summed E-state index contributed by atoms with van der Waals surface area (Å²) in [5.41, 5.74) is 0.392. The number of carbonyl (C=O) groups is 1. The molecule has 112 valence electrons. The molecule has 0 fully saturated rings. The van der Waals surface area contributed by atoms with Gasteiger partial charge in [0.1, 0.15) is 9.77 Å². The Balaban J connectivity index is 2.34. The van der Waals surface area contributed by atoms with Crippen LogP contribution in [0.4, 0.5) is 5.13 Å². The lowest BCUT2D eigenvalue weighted by molar-refractivity contribution is 0.0605. The highest BCUT2D eigenvalue weighted by molar-refractivity contribution is 7.93. The smallest absolute Gasteiger partial charge is 0.350 e. The number of nitrogens with zero attached hydrogens (tertiary/aromatic N) is 1. The molecular formula is C12H11ClN2O4S2. The Labute approximate surface area is 130 Å². The first-order valence-corrected chi connectivity index (χ1v) is 8.36. The van der Waals surface area contributed by atoms with Crippen LogP contribution in [0, 0.1) is 6.92 Å². The number of nitrogens with one attached hydrogen (secondary N) is 1. The van der Waals surface area contributed by atoms with Crippen molar-refractivity contribution in [1.82, 2.24) is 4.98 Å². The van der Waals surface area contributed by atoms with Crippen LogP contribution < -0.4 is 4.72 Å². The number of aryl methyl sites for hydroxylation is 1. The van der Waals surface area contributed by atoms with E-state index in [1.807, 2.05) is 0 Å². The molecule has 0 radical (unpaired) electrons. The van der Waals surface area contributed by atoms with Crippen molar-refractivity contribution in [3.05, 3.63) is 39.9 Å². The van der Waals surface area contributed by atoms with Gasteiger partial charge in [-0.2, -0.15) is 0 Å². The van der Waals surface area contributed by atoms with E-state index in [0.717, 1.165) is 11.3 Å². The van der Waals surface area contributed by atoms with Gasteiger partial charge in [-0.3, -0.25) is 4.72 Å². The molecule has 0 saturated heterocycles. The number of methoxy groups -OCH3 is 1. The number of halogens is 1. The number of rotatable bonds is 4. The maximum absolute atomic E-state index is 12.2. The van der Waals surface area contributed by atoms with Gasteiger partial charge in [0.15, 0.2) is 5.13 Å². The molecule has 2 aromatic rings. The number of hydrogen-bond donors (Lipinski definition) is 1. The van der Waals surface area contributed by atoms with Crippen LogP contribution in [-0.4, -0.2) is 26.5 Å². The van der Waals surface area contributed by atoms with Crippen molar-refractivity contribution < 1.29 is 17.9 Å². The second kappa shape index (κ2) is 6.00. The minimum atomic E-state index is -3.87. The molecule has 0 atom stereocenters. The third-order valence-corrected chi connectivity index (χ3v) is 5.54. The van der Waals surface area contributed by atoms with Crippen LogP contribution in [0.2, 0.25) is 5.02 Å². The summed E-state index contributed by atoms with van der Waals surface area (Å²) in [6.07, 6.45) is 0. The maximum atomic E-state index is 12.2. The molecule has 1 heterocycles. The first-order valence-electron chi connectivity index (χ1n) is 5.68. The van der Waals surface area contributed by atoms with Gasteiger partial charge >= 0.3 is 5.97 Å². The third-order valence-electron chi connectivity index (χ3n) is 2.52. The van der Waals surface area contributed by atoms with Crippen LogP contribution >= 0.6 is 22.9 Å². The largest absolute Gasteiger partial charge is 0.465 e. The standard InChI is InChI=1S/C12H11ClN2O4S2/c1-7-10(11(16)19-2)20-12(14-7)15-21(17,18)9-6-4-3-5-8(9)13/h3-6H,1-2H3,(H,14,15). The highest BCUT2D eigenvalue weighted by atomic mass is 35.5. The van der Waals surface area contributed by atoms with Crippen molar-refractivity contribution in [2.75, 3.05) is 11.8 Å². The molecule has 0 bridgehead atoms. The summed E-state index contributed by atoms with van der Waals surface area (Å²) in [6.45, 7) is 1.59. The molecule has 21 heavy (non-hydrogen) atoms.